The number of amides is 2. The summed E-state index contributed by atoms with van der Waals surface area (Å²) in [5.74, 6) is 1.39. The smallest absolute Gasteiger partial charge is 0.223 e. The topological polar surface area (TPSA) is 79.9 Å². The molecular weight excluding hydrogens is 418 g/mol. The van der Waals surface area contributed by atoms with E-state index in [1.807, 2.05) is 48.6 Å². The van der Waals surface area contributed by atoms with E-state index in [0.717, 1.165) is 48.7 Å². The summed E-state index contributed by atoms with van der Waals surface area (Å²) >= 11 is 0. The van der Waals surface area contributed by atoms with E-state index in [2.05, 4.69) is 28.6 Å². The summed E-state index contributed by atoms with van der Waals surface area (Å²) in [6, 6.07) is 13.5. The molecule has 0 aromatic heterocycles. The van der Waals surface area contributed by atoms with Crippen molar-refractivity contribution in [2.75, 3.05) is 46.2 Å². The molecule has 0 spiro atoms. The normalized spacial score (nSPS) is 10.9. The van der Waals surface area contributed by atoms with Crippen LogP contribution in [0, 0.1) is 0 Å². The van der Waals surface area contributed by atoms with E-state index >= 15 is 0 Å². The maximum absolute atomic E-state index is 12.0. The zero-order chi connectivity index (χ0) is 24.1. The highest BCUT2D eigenvalue weighted by atomic mass is 16.5. The van der Waals surface area contributed by atoms with Crippen LogP contribution in [0.3, 0.4) is 0 Å². The Kier molecular flexibility index (Phi) is 11.0. The first-order valence-electron chi connectivity index (χ1n) is 11.1. The van der Waals surface area contributed by atoms with Gasteiger partial charge in [0.25, 0.3) is 0 Å². The minimum absolute atomic E-state index is 0.00842. The molecule has 0 atom stereocenters. The van der Waals surface area contributed by atoms with E-state index in [0.29, 0.717) is 13.0 Å². The average Bonchev–Trinajstić information content (AvgIpc) is 2.81. The molecule has 2 amide bonds. The Morgan fingerprint density at radius 1 is 1.00 bits per heavy atom. The Balaban J connectivity index is 1.61. The number of anilines is 1. The van der Waals surface area contributed by atoms with E-state index in [9.17, 15) is 9.59 Å². The van der Waals surface area contributed by atoms with Crippen molar-refractivity contribution in [1.82, 2.24) is 10.2 Å². The lowest BCUT2D eigenvalue weighted by Gasteiger charge is -2.17. The third kappa shape index (κ3) is 9.78. The Labute approximate surface area is 196 Å². The number of carbonyl (C=O) groups excluding carboxylic acids is 2. The zero-order valence-electron chi connectivity index (χ0n) is 20.0. The minimum Gasteiger partial charge on any atom is -0.493 e. The molecule has 0 fully saturated rings. The summed E-state index contributed by atoms with van der Waals surface area (Å²) in [6.07, 6.45) is 5.89. The third-order valence-corrected chi connectivity index (χ3v) is 5.11. The number of rotatable bonds is 13. The number of nitrogens with zero attached hydrogens (tertiary/aromatic N) is 1. The molecule has 0 saturated carbocycles. The first-order chi connectivity index (χ1) is 15.9. The van der Waals surface area contributed by atoms with E-state index < -0.39 is 0 Å². The van der Waals surface area contributed by atoms with Crippen molar-refractivity contribution in [3.05, 3.63) is 59.7 Å². The Morgan fingerprint density at radius 3 is 2.39 bits per heavy atom. The average molecular weight is 454 g/mol. The molecule has 0 aliphatic heterocycles. The second-order valence-corrected chi connectivity index (χ2v) is 7.86. The Hall–Kier alpha value is -3.32. The molecule has 0 heterocycles. The molecule has 0 aliphatic carbocycles. The molecule has 0 radical (unpaired) electrons. The second kappa shape index (κ2) is 14.0. The molecule has 2 aromatic carbocycles. The molecule has 2 N–H and O–H groups in total. The van der Waals surface area contributed by atoms with E-state index in [1.165, 1.54) is 12.5 Å². The highest BCUT2D eigenvalue weighted by Crippen LogP contribution is 2.27. The number of benzene rings is 2. The Morgan fingerprint density at radius 2 is 1.73 bits per heavy atom. The molecule has 0 aliphatic rings. The molecule has 0 bridgehead atoms. The highest BCUT2D eigenvalue weighted by molar-refractivity contribution is 5.88. The van der Waals surface area contributed by atoms with Gasteiger partial charge < -0.3 is 25.0 Å². The van der Waals surface area contributed by atoms with Crippen LogP contribution in [0.15, 0.2) is 48.5 Å². The first-order valence-corrected chi connectivity index (χ1v) is 11.1. The van der Waals surface area contributed by atoms with Crippen molar-refractivity contribution in [2.24, 2.45) is 0 Å². The van der Waals surface area contributed by atoms with Gasteiger partial charge in [-0.1, -0.05) is 30.4 Å². The molecule has 33 heavy (non-hydrogen) atoms. The SMILES string of the molecule is COc1ccc(CCN(C)CCCNC(=O)C/C=C/c2ccc(NC(C)=O)cc2)cc1OC. The summed E-state index contributed by atoms with van der Waals surface area (Å²) < 4.78 is 10.6. The summed E-state index contributed by atoms with van der Waals surface area (Å²) in [5.41, 5.74) is 2.93. The van der Waals surface area contributed by atoms with Crippen LogP contribution in [0.4, 0.5) is 5.69 Å². The monoisotopic (exact) mass is 453 g/mol. The van der Waals surface area contributed by atoms with Crippen molar-refractivity contribution < 1.29 is 19.1 Å². The van der Waals surface area contributed by atoms with Crippen LogP contribution in [0.2, 0.25) is 0 Å². The molecular formula is C26H35N3O4. The number of methoxy groups -OCH3 is 2. The Bertz CT molecular complexity index is 926. The zero-order valence-corrected chi connectivity index (χ0v) is 20.0. The van der Waals surface area contributed by atoms with Crippen molar-refractivity contribution in [2.45, 2.75) is 26.2 Å². The fraction of sp³-hybridized carbons (Fsp3) is 0.385. The maximum Gasteiger partial charge on any atom is 0.223 e. The summed E-state index contributed by atoms with van der Waals surface area (Å²) in [6.45, 7) is 3.96. The summed E-state index contributed by atoms with van der Waals surface area (Å²) in [5, 5.41) is 5.69. The minimum atomic E-state index is -0.0981. The van der Waals surface area contributed by atoms with Crippen molar-refractivity contribution in [3.63, 3.8) is 0 Å². The van der Waals surface area contributed by atoms with Gasteiger partial charge in [-0.3, -0.25) is 9.59 Å². The number of hydrogen-bond donors (Lipinski definition) is 2. The summed E-state index contributed by atoms with van der Waals surface area (Å²) in [4.78, 5) is 25.3. The number of nitrogens with one attached hydrogen (secondary N) is 2. The molecule has 2 rings (SSSR count). The van der Waals surface area contributed by atoms with Gasteiger partial charge >= 0.3 is 0 Å². The van der Waals surface area contributed by atoms with Crippen LogP contribution >= 0.6 is 0 Å². The number of ether oxygens (including phenoxy) is 2. The van der Waals surface area contributed by atoms with Gasteiger partial charge in [0.2, 0.25) is 11.8 Å². The molecule has 7 heteroatoms. The lowest BCUT2D eigenvalue weighted by molar-refractivity contribution is -0.120. The maximum atomic E-state index is 12.0. The fourth-order valence-corrected chi connectivity index (χ4v) is 3.30. The van der Waals surface area contributed by atoms with Crippen LogP contribution in [-0.2, 0) is 16.0 Å². The molecule has 2 aromatic rings. The molecule has 7 nitrogen and oxygen atoms in total. The van der Waals surface area contributed by atoms with Crippen LogP contribution in [0.5, 0.6) is 11.5 Å². The molecule has 178 valence electrons. The van der Waals surface area contributed by atoms with Crippen molar-refractivity contribution in [3.8, 4) is 11.5 Å². The predicted octanol–water partition coefficient (Wildman–Crippen LogP) is 3.75. The first kappa shape index (κ1) is 25.9. The molecule has 0 saturated heterocycles. The third-order valence-electron chi connectivity index (χ3n) is 5.11. The summed E-state index contributed by atoms with van der Waals surface area (Å²) in [7, 11) is 5.36. The van der Waals surface area contributed by atoms with Crippen LogP contribution in [0.25, 0.3) is 6.08 Å². The van der Waals surface area contributed by atoms with Gasteiger partial charge in [-0.05, 0) is 61.8 Å². The van der Waals surface area contributed by atoms with Gasteiger partial charge in [0.1, 0.15) is 0 Å². The van der Waals surface area contributed by atoms with Crippen LogP contribution in [-0.4, -0.2) is 57.6 Å². The van der Waals surface area contributed by atoms with Gasteiger partial charge in [0, 0.05) is 32.1 Å². The van der Waals surface area contributed by atoms with Crippen LogP contribution in [0.1, 0.15) is 30.9 Å². The number of hydrogen-bond acceptors (Lipinski definition) is 5. The lowest BCUT2D eigenvalue weighted by Crippen LogP contribution is -2.28. The molecule has 0 unspecified atom stereocenters. The van der Waals surface area contributed by atoms with Gasteiger partial charge in [-0.2, -0.15) is 0 Å². The second-order valence-electron chi connectivity index (χ2n) is 7.86. The highest BCUT2D eigenvalue weighted by Gasteiger charge is 2.06. The van der Waals surface area contributed by atoms with Gasteiger partial charge in [0.05, 0.1) is 14.2 Å². The van der Waals surface area contributed by atoms with Crippen molar-refractivity contribution in [1.29, 1.82) is 0 Å². The number of carbonyl (C=O) groups is 2. The largest absolute Gasteiger partial charge is 0.493 e. The lowest BCUT2D eigenvalue weighted by atomic mass is 10.1. The fourth-order valence-electron chi connectivity index (χ4n) is 3.30. The van der Waals surface area contributed by atoms with E-state index in [4.69, 9.17) is 9.47 Å². The van der Waals surface area contributed by atoms with Gasteiger partial charge in [-0.25, -0.2) is 0 Å². The van der Waals surface area contributed by atoms with E-state index in [1.54, 1.807) is 14.2 Å². The quantitative estimate of drug-likeness (QED) is 0.452. The standard InChI is InChI=1S/C26H35N3O4/c1-20(30)28-23-12-9-21(10-13-23)7-5-8-26(31)27-16-6-17-29(2)18-15-22-11-14-24(32-3)25(19-22)33-4/h5,7,9-14,19H,6,8,15-18H2,1-4H3,(H,27,31)(H,28,30)/b7-5+. The number of likely N-dealkylation sites (N-methyl/N-ethyl adjacent to an activating group) is 1. The van der Waals surface area contributed by atoms with E-state index in [-0.39, 0.29) is 11.8 Å². The predicted molar refractivity (Wildman–Crippen MR) is 133 cm³/mol. The van der Waals surface area contributed by atoms with Crippen molar-refractivity contribution >= 4 is 23.6 Å². The van der Waals surface area contributed by atoms with Gasteiger partial charge in [-0.15, -0.1) is 0 Å². The van der Waals surface area contributed by atoms with Crippen LogP contribution < -0.4 is 20.1 Å². The van der Waals surface area contributed by atoms with Gasteiger partial charge in [0.15, 0.2) is 11.5 Å².